The van der Waals surface area contributed by atoms with E-state index in [1.165, 1.54) is 0 Å². The molecule has 5 heteroatoms. The number of hydrogen-bond donors (Lipinski definition) is 1. The first-order chi connectivity index (χ1) is 9.35. The van der Waals surface area contributed by atoms with Crippen molar-refractivity contribution in [2.45, 2.75) is 38.5 Å². The van der Waals surface area contributed by atoms with Gasteiger partial charge in [0.1, 0.15) is 0 Å². The van der Waals surface area contributed by atoms with E-state index < -0.39 is 9.84 Å². The number of amides is 1. The number of carbonyl (C=O) groups is 1. The minimum atomic E-state index is -3.13. The lowest BCUT2D eigenvalue weighted by atomic mass is 10.1. The second-order valence-electron chi connectivity index (χ2n) is 5.25. The predicted molar refractivity (Wildman–Crippen MR) is 80.3 cm³/mol. The molecule has 0 aromatic heterocycles. The molecule has 0 spiro atoms. The van der Waals surface area contributed by atoms with Crippen molar-refractivity contribution < 1.29 is 13.2 Å². The van der Waals surface area contributed by atoms with Crippen molar-refractivity contribution in [3.05, 3.63) is 29.8 Å². The Morgan fingerprint density at radius 2 is 1.80 bits per heavy atom. The SMILES string of the molecule is CCS(=O)(=O)c1ccc(CCNC(=O)CC(C)C)cc1. The zero-order valence-electron chi connectivity index (χ0n) is 12.3. The van der Waals surface area contributed by atoms with E-state index in [1.54, 1.807) is 31.2 Å². The summed E-state index contributed by atoms with van der Waals surface area (Å²) in [5, 5.41) is 2.86. The summed E-state index contributed by atoms with van der Waals surface area (Å²) < 4.78 is 23.3. The van der Waals surface area contributed by atoms with Gasteiger partial charge in [0.05, 0.1) is 10.6 Å². The molecule has 112 valence electrons. The van der Waals surface area contributed by atoms with Crippen LogP contribution in [0.3, 0.4) is 0 Å². The van der Waals surface area contributed by atoms with Crippen LogP contribution in [-0.4, -0.2) is 26.6 Å². The Hall–Kier alpha value is -1.36. The summed E-state index contributed by atoms with van der Waals surface area (Å²) in [6, 6.07) is 6.86. The summed E-state index contributed by atoms with van der Waals surface area (Å²) in [6.45, 7) is 6.22. The molecule has 0 fully saturated rings. The van der Waals surface area contributed by atoms with Crippen LogP contribution in [0.4, 0.5) is 0 Å². The normalized spacial score (nSPS) is 11.6. The molecule has 0 saturated carbocycles. The van der Waals surface area contributed by atoms with Crippen LogP contribution in [0.5, 0.6) is 0 Å². The molecule has 0 radical (unpaired) electrons. The van der Waals surface area contributed by atoms with Crippen molar-refractivity contribution in [3.63, 3.8) is 0 Å². The Bertz CT molecular complexity index is 533. The van der Waals surface area contributed by atoms with E-state index in [4.69, 9.17) is 0 Å². The average Bonchev–Trinajstić information content (AvgIpc) is 2.38. The Kier molecular flexibility index (Phi) is 6.20. The summed E-state index contributed by atoms with van der Waals surface area (Å²) in [5.74, 6) is 0.524. The van der Waals surface area contributed by atoms with Crippen molar-refractivity contribution in [1.82, 2.24) is 5.32 Å². The molecule has 0 bridgehead atoms. The van der Waals surface area contributed by atoms with Crippen LogP contribution in [-0.2, 0) is 21.1 Å². The van der Waals surface area contributed by atoms with Gasteiger partial charge in [0.25, 0.3) is 0 Å². The smallest absolute Gasteiger partial charge is 0.220 e. The molecule has 20 heavy (non-hydrogen) atoms. The molecule has 0 aliphatic carbocycles. The van der Waals surface area contributed by atoms with Crippen LogP contribution in [0.1, 0.15) is 32.8 Å². The molecule has 1 aromatic carbocycles. The molecule has 0 atom stereocenters. The zero-order valence-corrected chi connectivity index (χ0v) is 13.2. The van der Waals surface area contributed by atoms with Crippen molar-refractivity contribution in [3.8, 4) is 0 Å². The summed E-state index contributed by atoms with van der Waals surface area (Å²) >= 11 is 0. The van der Waals surface area contributed by atoms with Crippen molar-refractivity contribution >= 4 is 15.7 Å². The third-order valence-corrected chi connectivity index (χ3v) is 4.74. The van der Waals surface area contributed by atoms with E-state index >= 15 is 0 Å². The Morgan fingerprint density at radius 1 is 1.20 bits per heavy atom. The highest BCUT2D eigenvalue weighted by Crippen LogP contribution is 2.12. The minimum Gasteiger partial charge on any atom is -0.356 e. The van der Waals surface area contributed by atoms with Crippen molar-refractivity contribution in [1.29, 1.82) is 0 Å². The maximum absolute atomic E-state index is 11.7. The third-order valence-electron chi connectivity index (χ3n) is 2.99. The van der Waals surface area contributed by atoms with Gasteiger partial charge in [-0.1, -0.05) is 32.9 Å². The summed E-state index contributed by atoms with van der Waals surface area (Å²) in [7, 11) is -3.13. The number of rotatable bonds is 7. The van der Waals surface area contributed by atoms with E-state index in [0.29, 0.717) is 30.2 Å². The van der Waals surface area contributed by atoms with Crippen LogP contribution in [0, 0.1) is 5.92 Å². The van der Waals surface area contributed by atoms with Gasteiger partial charge in [0, 0.05) is 13.0 Å². The summed E-state index contributed by atoms with van der Waals surface area (Å²) in [6.07, 6.45) is 1.24. The number of benzene rings is 1. The standard InChI is InChI=1S/C15H23NO3S/c1-4-20(18,19)14-7-5-13(6-8-14)9-10-16-15(17)11-12(2)3/h5-8,12H,4,9-11H2,1-3H3,(H,16,17). The maximum atomic E-state index is 11.7. The molecule has 0 unspecified atom stereocenters. The number of hydrogen-bond acceptors (Lipinski definition) is 3. The molecule has 0 heterocycles. The molecule has 1 amide bonds. The van der Waals surface area contributed by atoms with Gasteiger partial charge < -0.3 is 5.32 Å². The monoisotopic (exact) mass is 297 g/mol. The predicted octanol–water partition coefficient (Wildman–Crippen LogP) is 2.18. The van der Waals surface area contributed by atoms with Crippen molar-refractivity contribution in [2.75, 3.05) is 12.3 Å². The van der Waals surface area contributed by atoms with Crippen LogP contribution < -0.4 is 5.32 Å². The minimum absolute atomic E-state index is 0.0604. The molecule has 1 aromatic rings. The molecular formula is C15H23NO3S. The largest absolute Gasteiger partial charge is 0.356 e. The molecule has 1 N–H and O–H groups in total. The fourth-order valence-electron chi connectivity index (χ4n) is 1.82. The fourth-order valence-corrected chi connectivity index (χ4v) is 2.70. The van der Waals surface area contributed by atoms with Crippen LogP contribution in [0.25, 0.3) is 0 Å². The number of sulfone groups is 1. The van der Waals surface area contributed by atoms with Gasteiger partial charge in [-0.05, 0) is 30.0 Å². The quantitative estimate of drug-likeness (QED) is 0.839. The molecule has 0 aliphatic rings. The second-order valence-corrected chi connectivity index (χ2v) is 7.52. The first-order valence-corrected chi connectivity index (χ1v) is 8.58. The van der Waals surface area contributed by atoms with E-state index in [2.05, 4.69) is 5.32 Å². The Morgan fingerprint density at radius 3 is 2.30 bits per heavy atom. The lowest BCUT2D eigenvalue weighted by Crippen LogP contribution is -2.26. The highest BCUT2D eigenvalue weighted by molar-refractivity contribution is 7.91. The number of carbonyl (C=O) groups excluding carboxylic acids is 1. The van der Waals surface area contributed by atoms with Crippen molar-refractivity contribution in [2.24, 2.45) is 5.92 Å². The molecule has 4 nitrogen and oxygen atoms in total. The Balaban J connectivity index is 2.49. The average molecular weight is 297 g/mol. The molecule has 0 aliphatic heterocycles. The lowest BCUT2D eigenvalue weighted by molar-refractivity contribution is -0.121. The lowest BCUT2D eigenvalue weighted by Gasteiger charge is -2.08. The molecule has 0 saturated heterocycles. The second kappa shape index (κ2) is 7.43. The van der Waals surface area contributed by atoms with Gasteiger partial charge in [0.15, 0.2) is 9.84 Å². The van der Waals surface area contributed by atoms with E-state index in [9.17, 15) is 13.2 Å². The van der Waals surface area contributed by atoms with E-state index in [1.807, 2.05) is 13.8 Å². The van der Waals surface area contributed by atoms with Gasteiger partial charge in [-0.3, -0.25) is 4.79 Å². The number of nitrogens with one attached hydrogen (secondary N) is 1. The van der Waals surface area contributed by atoms with E-state index in [-0.39, 0.29) is 11.7 Å². The van der Waals surface area contributed by atoms with Gasteiger partial charge in [-0.25, -0.2) is 8.42 Å². The molecular weight excluding hydrogens is 274 g/mol. The van der Waals surface area contributed by atoms with E-state index in [0.717, 1.165) is 5.56 Å². The first-order valence-electron chi connectivity index (χ1n) is 6.93. The van der Waals surface area contributed by atoms with Crippen LogP contribution in [0.15, 0.2) is 29.2 Å². The third kappa shape index (κ3) is 5.33. The summed E-state index contributed by atoms with van der Waals surface area (Å²) in [5.41, 5.74) is 1.02. The van der Waals surface area contributed by atoms with Gasteiger partial charge >= 0.3 is 0 Å². The van der Waals surface area contributed by atoms with Crippen LogP contribution in [0.2, 0.25) is 0 Å². The van der Waals surface area contributed by atoms with Gasteiger partial charge in [-0.15, -0.1) is 0 Å². The molecule has 1 rings (SSSR count). The highest BCUT2D eigenvalue weighted by Gasteiger charge is 2.10. The van der Waals surface area contributed by atoms with Gasteiger partial charge in [-0.2, -0.15) is 0 Å². The summed E-state index contributed by atoms with van der Waals surface area (Å²) in [4.78, 5) is 11.8. The topological polar surface area (TPSA) is 63.2 Å². The van der Waals surface area contributed by atoms with Crippen LogP contribution >= 0.6 is 0 Å². The Labute approximate surface area is 121 Å². The van der Waals surface area contributed by atoms with Gasteiger partial charge in [0.2, 0.25) is 5.91 Å². The first kappa shape index (κ1) is 16.7. The highest BCUT2D eigenvalue weighted by atomic mass is 32.2. The fraction of sp³-hybridized carbons (Fsp3) is 0.533. The maximum Gasteiger partial charge on any atom is 0.220 e. The zero-order chi connectivity index (χ0) is 15.2.